The van der Waals surface area contributed by atoms with Gasteiger partial charge in [-0.1, -0.05) is 43.7 Å². The van der Waals surface area contributed by atoms with Crippen molar-refractivity contribution in [3.8, 4) is 5.75 Å². The molecule has 0 spiro atoms. The van der Waals surface area contributed by atoms with E-state index < -0.39 is 16.1 Å². The number of sulfonamides is 1. The van der Waals surface area contributed by atoms with Gasteiger partial charge in [-0.2, -0.15) is 4.31 Å². The van der Waals surface area contributed by atoms with E-state index >= 15 is 0 Å². The average molecular weight is 537 g/mol. The normalized spacial score (nSPS) is 17.2. The molecule has 1 amide bonds. The Bertz CT molecular complexity index is 1240. The van der Waals surface area contributed by atoms with Crippen LogP contribution in [-0.4, -0.2) is 74.4 Å². The van der Waals surface area contributed by atoms with Gasteiger partial charge in [0.25, 0.3) is 10.0 Å². The summed E-state index contributed by atoms with van der Waals surface area (Å²) in [5.74, 6) is 0.440. The molecule has 1 fully saturated rings. The number of carbonyl (C=O) groups is 1. The fraction of sp³-hybridized carbons (Fsp3) is 0.500. The minimum Gasteiger partial charge on any atom is -0.494 e. The number of piperidine rings is 1. The number of likely N-dealkylation sites (N-methyl/N-ethyl adjacent to an activating group) is 1. The maximum absolute atomic E-state index is 14.1. The average Bonchev–Trinajstić information content (AvgIpc) is 3.57. The van der Waals surface area contributed by atoms with E-state index in [0.717, 1.165) is 30.6 Å². The van der Waals surface area contributed by atoms with Crippen LogP contribution in [0.4, 0.5) is 5.13 Å². The van der Waals surface area contributed by atoms with Gasteiger partial charge in [0.05, 0.1) is 11.8 Å². The van der Waals surface area contributed by atoms with Crippen molar-refractivity contribution in [2.75, 3.05) is 44.7 Å². The number of aromatic nitrogens is 1. The van der Waals surface area contributed by atoms with E-state index in [1.54, 1.807) is 29.5 Å². The highest BCUT2D eigenvalue weighted by molar-refractivity contribution is 7.91. The largest absolute Gasteiger partial charge is 0.494 e. The molecule has 1 saturated heterocycles. The molecule has 4 rings (SSSR count). The van der Waals surface area contributed by atoms with Crippen LogP contribution in [0.15, 0.2) is 39.9 Å². The summed E-state index contributed by atoms with van der Waals surface area (Å²) in [5, 5.41) is 2.32. The number of amides is 1. The van der Waals surface area contributed by atoms with Crippen molar-refractivity contribution in [3.05, 3.63) is 35.7 Å². The minimum absolute atomic E-state index is 0.213. The zero-order valence-corrected chi connectivity index (χ0v) is 22.8. The molecule has 0 bridgehead atoms. The van der Waals surface area contributed by atoms with Crippen LogP contribution < -0.4 is 9.64 Å². The maximum Gasteiger partial charge on any atom is 0.253 e. The molecule has 1 aliphatic rings. The van der Waals surface area contributed by atoms with Crippen molar-refractivity contribution in [1.29, 1.82) is 0 Å². The highest BCUT2D eigenvalue weighted by Gasteiger charge is 2.40. The third-order valence-electron chi connectivity index (χ3n) is 6.42. The first-order valence-corrected chi connectivity index (χ1v) is 15.1. The molecule has 3 heterocycles. The molecule has 1 aromatic carbocycles. The molecule has 11 heteroatoms. The minimum atomic E-state index is -3.75. The van der Waals surface area contributed by atoms with Crippen LogP contribution in [0.25, 0.3) is 10.2 Å². The standard InChI is InChI=1S/C24H32N4O4S3/c1-4-26(5-2)15-16-27(24-25-22-19(32-3)11-8-12-20(22)34-24)23(29)18-10-6-7-14-28(18)35(30,31)21-13-9-17-33-21/h8-9,11-13,17-18H,4-7,10,14-16H2,1-3H3. The molecule has 8 nitrogen and oxygen atoms in total. The lowest BCUT2D eigenvalue weighted by Crippen LogP contribution is -2.54. The third-order valence-corrected chi connectivity index (χ3v) is 10.7. The number of methoxy groups -OCH3 is 1. The van der Waals surface area contributed by atoms with E-state index in [2.05, 4.69) is 18.7 Å². The number of fused-ring (bicyclic) bond motifs is 1. The number of benzene rings is 1. The Morgan fingerprint density at radius 3 is 2.66 bits per heavy atom. The van der Waals surface area contributed by atoms with Crippen LogP contribution >= 0.6 is 22.7 Å². The van der Waals surface area contributed by atoms with Crippen LogP contribution in [0.5, 0.6) is 5.75 Å². The molecular formula is C24H32N4O4S3. The monoisotopic (exact) mass is 536 g/mol. The lowest BCUT2D eigenvalue weighted by molar-refractivity contribution is -0.123. The summed E-state index contributed by atoms with van der Waals surface area (Å²) in [6.45, 7) is 7.38. The van der Waals surface area contributed by atoms with Crippen molar-refractivity contribution in [1.82, 2.24) is 14.2 Å². The SMILES string of the molecule is CCN(CC)CCN(C(=O)C1CCCCN1S(=O)(=O)c1cccs1)c1nc2c(OC)cccc2s1. The molecule has 0 N–H and O–H groups in total. The molecule has 0 aliphatic carbocycles. The number of hydrogen-bond donors (Lipinski definition) is 0. The Morgan fingerprint density at radius 2 is 1.97 bits per heavy atom. The number of thiophene rings is 1. The van der Waals surface area contributed by atoms with E-state index in [0.29, 0.717) is 42.5 Å². The topological polar surface area (TPSA) is 83.0 Å². The lowest BCUT2D eigenvalue weighted by atomic mass is 10.0. The van der Waals surface area contributed by atoms with E-state index in [-0.39, 0.29) is 10.1 Å². The van der Waals surface area contributed by atoms with Gasteiger partial charge in [0.2, 0.25) is 5.91 Å². The predicted molar refractivity (Wildman–Crippen MR) is 142 cm³/mol. The van der Waals surface area contributed by atoms with Crippen LogP contribution in [0.2, 0.25) is 0 Å². The van der Waals surface area contributed by atoms with Gasteiger partial charge in [-0.25, -0.2) is 13.4 Å². The first-order valence-electron chi connectivity index (χ1n) is 11.9. The highest BCUT2D eigenvalue weighted by atomic mass is 32.2. The highest BCUT2D eigenvalue weighted by Crippen LogP contribution is 2.36. The van der Waals surface area contributed by atoms with Crippen molar-refractivity contribution < 1.29 is 17.9 Å². The van der Waals surface area contributed by atoms with Crippen molar-refractivity contribution in [2.24, 2.45) is 0 Å². The molecule has 1 aliphatic heterocycles. The fourth-order valence-electron chi connectivity index (χ4n) is 4.42. The second-order valence-corrected chi connectivity index (χ2v) is 12.5. The molecule has 1 unspecified atom stereocenters. The van der Waals surface area contributed by atoms with Crippen LogP contribution in [0.1, 0.15) is 33.1 Å². The van der Waals surface area contributed by atoms with Gasteiger partial charge in [0.15, 0.2) is 5.13 Å². The number of ether oxygens (including phenoxy) is 1. The van der Waals surface area contributed by atoms with Gasteiger partial charge >= 0.3 is 0 Å². The summed E-state index contributed by atoms with van der Waals surface area (Å²) in [4.78, 5) is 22.8. The van der Waals surface area contributed by atoms with E-state index in [4.69, 9.17) is 9.72 Å². The number of rotatable bonds is 10. The molecular weight excluding hydrogens is 504 g/mol. The number of nitrogens with zero attached hydrogens (tertiary/aromatic N) is 4. The Hall–Kier alpha value is -2.05. The molecule has 190 valence electrons. The second kappa shape index (κ2) is 11.3. The lowest BCUT2D eigenvalue weighted by Gasteiger charge is -2.36. The summed E-state index contributed by atoms with van der Waals surface area (Å²) < 4.78 is 34.9. The fourth-order valence-corrected chi connectivity index (χ4v) is 8.20. The summed E-state index contributed by atoms with van der Waals surface area (Å²) in [6, 6.07) is 8.30. The summed E-state index contributed by atoms with van der Waals surface area (Å²) in [5.41, 5.74) is 0.711. The molecule has 35 heavy (non-hydrogen) atoms. The Morgan fingerprint density at radius 1 is 1.17 bits per heavy atom. The van der Waals surface area contributed by atoms with Gasteiger partial charge in [-0.3, -0.25) is 9.69 Å². The Kier molecular flexibility index (Phi) is 8.43. The first-order chi connectivity index (χ1) is 16.9. The van der Waals surface area contributed by atoms with Gasteiger partial charge < -0.3 is 9.64 Å². The number of para-hydroxylation sites is 1. The van der Waals surface area contributed by atoms with Gasteiger partial charge in [0, 0.05) is 19.6 Å². The van der Waals surface area contributed by atoms with Crippen LogP contribution in [0.3, 0.4) is 0 Å². The summed E-state index contributed by atoms with van der Waals surface area (Å²) in [6.07, 6.45) is 2.05. The van der Waals surface area contributed by atoms with Gasteiger partial charge in [-0.15, -0.1) is 11.3 Å². The molecule has 0 saturated carbocycles. The number of thiazole rings is 1. The Balaban J connectivity index is 1.71. The zero-order valence-electron chi connectivity index (χ0n) is 20.3. The van der Waals surface area contributed by atoms with Gasteiger partial charge in [0.1, 0.15) is 21.5 Å². The molecule has 1 atom stereocenters. The van der Waals surface area contributed by atoms with Gasteiger partial charge in [-0.05, 0) is 49.5 Å². The maximum atomic E-state index is 14.1. The smallest absolute Gasteiger partial charge is 0.253 e. The predicted octanol–water partition coefficient (Wildman–Crippen LogP) is 4.28. The van der Waals surface area contributed by atoms with E-state index in [9.17, 15) is 13.2 Å². The van der Waals surface area contributed by atoms with Crippen molar-refractivity contribution in [2.45, 2.75) is 43.4 Å². The zero-order chi connectivity index (χ0) is 25.0. The molecule has 0 radical (unpaired) electrons. The molecule has 2 aromatic heterocycles. The summed E-state index contributed by atoms with van der Waals surface area (Å²) in [7, 11) is -2.14. The number of anilines is 1. The third kappa shape index (κ3) is 5.39. The quantitative estimate of drug-likeness (QED) is 0.385. The van der Waals surface area contributed by atoms with E-state index in [1.165, 1.54) is 27.0 Å². The first kappa shape index (κ1) is 26.0. The number of carbonyl (C=O) groups excluding carboxylic acids is 1. The van der Waals surface area contributed by atoms with Crippen LogP contribution in [0, 0.1) is 0 Å². The van der Waals surface area contributed by atoms with Crippen LogP contribution in [-0.2, 0) is 14.8 Å². The van der Waals surface area contributed by atoms with Crippen molar-refractivity contribution >= 4 is 54.0 Å². The molecule has 3 aromatic rings. The van der Waals surface area contributed by atoms with Crippen molar-refractivity contribution in [3.63, 3.8) is 0 Å². The summed E-state index contributed by atoms with van der Waals surface area (Å²) >= 11 is 2.61. The second-order valence-electron chi connectivity index (χ2n) is 8.38. The van der Waals surface area contributed by atoms with E-state index in [1.807, 2.05) is 18.2 Å². The Labute approximate surface area is 215 Å². The number of hydrogen-bond acceptors (Lipinski definition) is 8.